The van der Waals surface area contributed by atoms with E-state index in [9.17, 15) is 5.11 Å². The number of hydrogen-bond donors (Lipinski definition) is 1. The van der Waals surface area contributed by atoms with Crippen LogP contribution in [0.3, 0.4) is 0 Å². The highest BCUT2D eigenvalue weighted by Crippen LogP contribution is 2.40. The van der Waals surface area contributed by atoms with Crippen molar-refractivity contribution in [2.45, 2.75) is 6.54 Å². The largest absolute Gasteiger partial charge is 0.502 e. The van der Waals surface area contributed by atoms with E-state index in [1.165, 1.54) is 14.2 Å². The molecule has 3 aromatic rings. The maximum absolute atomic E-state index is 10.1. The summed E-state index contributed by atoms with van der Waals surface area (Å²) in [5.74, 6) is 1.35. The molecule has 124 valence electrons. The molecule has 0 saturated heterocycles. The molecule has 0 fully saturated rings. The number of nitrogens with zero attached hydrogens (tertiary/aromatic N) is 2. The van der Waals surface area contributed by atoms with Crippen LogP contribution in [0.15, 0.2) is 48.8 Å². The van der Waals surface area contributed by atoms with E-state index in [1.54, 1.807) is 18.3 Å². The minimum atomic E-state index is -0.0343. The van der Waals surface area contributed by atoms with Crippen molar-refractivity contribution in [2.24, 2.45) is 0 Å². The number of phenolic OH excluding ortho intramolecular Hbond substituents is 1. The lowest BCUT2D eigenvalue weighted by Crippen LogP contribution is -2.02. The van der Waals surface area contributed by atoms with Gasteiger partial charge in [0.15, 0.2) is 11.5 Å². The average Bonchev–Trinajstić information content (AvgIpc) is 3.05. The Hall–Kier alpha value is -2.66. The second-order valence-electron chi connectivity index (χ2n) is 5.20. The third kappa shape index (κ3) is 3.03. The van der Waals surface area contributed by atoms with Crippen molar-refractivity contribution in [1.29, 1.82) is 0 Å². The van der Waals surface area contributed by atoms with E-state index < -0.39 is 0 Å². The zero-order valence-electron chi connectivity index (χ0n) is 13.4. The van der Waals surface area contributed by atoms with Crippen LogP contribution in [-0.4, -0.2) is 28.9 Å². The number of ether oxygens (including phenoxy) is 2. The van der Waals surface area contributed by atoms with Crippen LogP contribution in [0.4, 0.5) is 0 Å². The average molecular weight is 345 g/mol. The Labute approximate surface area is 145 Å². The van der Waals surface area contributed by atoms with Gasteiger partial charge in [-0.1, -0.05) is 29.8 Å². The number of phenols is 1. The van der Waals surface area contributed by atoms with Gasteiger partial charge in [-0.25, -0.2) is 4.98 Å². The van der Waals surface area contributed by atoms with Gasteiger partial charge in [-0.05, 0) is 23.8 Å². The number of methoxy groups -OCH3 is 2. The molecule has 0 radical (unpaired) electrons. The molecule has 0 aliphatic heterocycles. The molecule has 0 bridgehead atoms. The highest BCUT2D eigenvalue weighted by atomic mass is 35.5. The molecule has 0 amide bonds. The molecule has 0 unspecified atom stereocenters. The molecule has 0 aliphatic rings. The molecule has 0 atom stereocenters. The topological polar surface area (TPSA) is 56.5 Å². The molecular formula is C18H17ClN2O3. The molecule has 0 saturated carbocycles. The smallest absolute Gasteiger partial charge is 0.200 e. The number of halogens is 1. The quantitative estimate of drug-likeness (QED) is 0.760. The lowest BCUT2D eigenvalue weighted by Gasteiger charge is -2.13. The van der Waals surface area contributed by atoms with E-state index in [0.29, 0.717) is 23.1 Å². The number of aromatic hydroxyl groups is 1. The van der Waals surface area contributed by atoms with Crippen molar-refractivity contribution in [3.63, 3.8) is 0 Å². The zero-order valence-corrected chi connectivity index (χ0v) is 14.1. The molecule has 24 heavy (non-hydrogen) atoms. The lowest BCUT2D eigenvalue weighted by molar-refractivity contribution is 0.340. The van der Waals surface area contributed by atoms with Gasteiger partial charge in [0, 0.05) is 23.0 Å². The van der Waals surface area contributed by atoms with Gasteiger partial charge in [0.2, 0.25) is 5.75 Å². The normalized spacial score (nSPS) is 10.6. The predicted octanol–water partition coefficient (Wildman–Crippen LogP) is 3.97. The van der Waals surface area contributed by atoms with Gasteiger partial charge < -0.3 is 19.1 Å². The summed E-state index contributed by atoms with van der Waals surface area (Å²) in [5, 5.41) is 10.8. The number of hydrogen-bond acceptors (Lipinski definition) is 4. The van der Waals surface area contributed by atoms with Crippen LogP contribution in [-0.2, 0) is 6.54 Å². The molecule has 0 spiro atoms. The second-order valence-corrected chi connectivity index (χ2v) is 5.61. The maximum atomic E-state index is 10.1. The second kappa shape index (κ2) is 6.84. The summed E-state index contributed by atoms with van der Waals surface area (Å²) in [4.78, 5) is 4.42. The van der Waals surface area contributed by atoms with Crippen LogP contribution in [0, 0.1) is 0 Å². The third-order valence-corrected chi connectivity index (χ3v) is 4.12. The fourth-order valence-electron chi connectivity index (χ4n) is 2.53. The van der Waals surface area contributed by atoms with E-state index >= 15 is 0 Å². The van der Waals surface area contributed by atoms with Gasteiger partial charge in [0.1, 0.15) is 5.82 Å². The van der Waals surface area contributed by atoms with Gasteiger partial charge in [-0.15, -0.1) is 0 Å². The summed E-state index contributed by atoms with van der Waals surface area (Å²) in [6.07, 6.45) is 3.60. The van der Waals surface area contributed by atoms with Gasteiger partial charge in [-0.2, -0.15) is 0 Å². The lowest BCUT2D eigenvalue weighted by atomic mass is 10.1. The van der Waals surface area contributed by atoms with Gasteiger partial charge in [0.25, 0.3) is 0 Å². The Kier molecular flexibility index (Phi) is 4.62. The first-order valence-electron chi connectivity index (χ1n) is 7.34. The molecule has 3 rings (SSSR count). The Morgan fingerprint density at radius 1 is 1.12 bits per heavy atom. The SMILES string of the molecule is COc1cc(-c2nccn2Cc2ccccc2Cl)cc(OC)c1O. The monoisotopic (exact) mass is 344 g/mol. The van der Waals surface area contributed by atoms with E-state index in [1.807, 2.05) is 35.0 Å². The summed E-state index contributed by atoms with van der Waals surface area (Å²) in [6.45, 7) is 0.584. The zero-order chi connectivity index (χ0) is 17.1. The fraction of sp³-hybridized carbons (Fsp3) is 0.167. The van der Waals surface area contributed by atoms with Crippen molar-refractivity contribution in [3.8, 4) is 28.6 Å². The molecule has 6 heteroatoms. The Balaban J connectivity index is 2.03. The molecule has 5 nitrogen and oxygen atoms in total. The maximum Gasteiger partial charge on any atom is 0.200 e. The van der Waals surface area contributed by atoms with Crippen molar-refractivity contribution in [3.05, 3.63) is 59.4 Å². The predicted molar refractivity (Wildman–Crippen MR) is 93.0 cm³/mol. The number of imidazole rings is 1. The third-order valence-electron chi connectivity index (χ3n) is 3.75. The Bertz CT molecular complexity index is 836. The number of benzene rings is 2. The van der Waals surface area contributed by atoms with E-state index in [4.69, 9.17) is 21.1 Å². The van der Waals surface area contributed by atoms with Crippen LogP contribution < -0.4 is 9.47 Å². The van der Waals surface area contributed by atoms with E-state index in [0.717, 1.165) is 17.0 Å². The Morgan fingerprint density at radius 3 is 2.42 bits per heavy atom. The summed E-state index contributed by atoms with van der Waals surface area (Å²) >= 11 is 6.25. The highest BCUT2D eigenvalue weighted by molar-refractivity contribution is 6.31. The summed E-state index contributed by atoms with van der Waals surface area (Å²) in [6, 6.07) is 11.1. The first-order chi connectivity index (χ1) is 11.6. The Morgan fingerprint density at radius 2 is 1.79 bits per heavy atom. The molecule has 1 N–H and O–H groups in total. The van der Waals surface area contributed by atoms with Crippen molar-refractivity contribution in [1.82, 2.24) is 9.55 Å². The summed E-state index contributed by atoms with van der Waals surface area (Å²) in [7, 11) is 2.99. The van der Waals surface area contributed by atoms with E-state index in [-0.39, 0.29) is 5.75 Å². The van der Waals surface area contributed by atoms with Crippen LogP contribution in [0.1, 0.15) is 5.56 Å². The van der Waals surface area contributed by atoms with Gasteiger partial charge in [0.05, 0.1) is 20.8 Å². The van der Waals surface area contributed by atoms with Gasteiger partial charge in [-0.3, -0.25) is 0 Å². The summed E-state index contributed by atoms with van der Waals surface area (Å²) < 4.78 is 12.4. The molecule has 1 heterocycles. The fourth-order valence-corrected chi connectivity index (χ4v) is 2.73. The van der Waals surface area contributed by atoms with Crippen LogP contribution in [0.25, 0.3) is 11.4 Å². The van der Waals surface area contributed by atoms with Crippen LogP contribution in [0.5, 0.6) is 17.2 Å². The van der Waals surface area contributed by atoms with Gasteiger partial charge >= 0.3 is 0 Å². The minimum absolute atomic E-state index is 0.0343. The summed E-state index contributed by atoms with van der Waals surface area (Å²) in [5.41, 5.74) is 1.77. The minimum Gasteiger partial charge on any atom is -0.502 e. The standard InChI is InChI=1S/C18H17ClN2O3/c1-23-15-9-13(10-16(24-2)17(15)22)18-20-7-8-21(18)11-12-5-3-4-6-14(12)19/h3-10,22H,11H2,1-2H3. The number of rotatable bonds is 5. The van der Waals surface area contributed by atoms with Crippen molar-refractivity contribution >= 4 is 11.6 Å². The first kappa shape index (κ1) is 16.2. The van der Waals surface area contributed by atoms with Crippen molar-refractivity contribution < 1.29 is 14.6 Å². The number of aromatic nitrogens is 2. The first-order valence-corrected chi connectivity index (χ1v) is 7.71. The van der Waals surface area contributed by atoms with Crippen LogP contribution >= 0.6 is 11.6 Å². The van der Waals surface area contributed by atoms with Crippen LogP contribution in [0.2, 0.25) is 5.02 Å². The highest BCUT2D eigenvalue weighted by Gasteiger charge is 2.15. The van der Waals surface area contributed by atoms with Crippen molar-refractivity contribution in [2.75, 3.05) is 14.2 Å². The molecule has 2 aromatic carbocycles. The van der Waals surface area contributed by atoms with E-state index in [2.05, 4.69) is 4.98 Å². The molecular weight excluding hydrogens is 328 g/mol. The molecule has 0 aliphatic carbocycles. The molecule has 1 aromatic heterocycles.